The highest BCUT2D eigenvalue weighted by Gasteiger charge is 2.06. The number of ether oxygens (including phenoxy) is 1. The predicted octanol–water partition coefficient (Wildman–Crippen LogP) is 2.96. The number of allylic oxidation sites excluding steroid dienone is 1. The number of carbonyl (C=O) groups excluding carboxylic acids is 1. The van der Waals surface area contributed by atoms with Crippen LogP contribution >= 0.6 is 15.9 Å². The molecule has 72 valence electrons. The molecule has 0 aliphatic rings. The molecule has 0 rings (SSSR count). The second-order valence-corrected chi connectivity index (χ2v) is 2.85. The van der Waals surface area contributed by atoms with Crippen molar-refractivity contribution in [3.63, 3.8) is 0 Å². The van der Waals surface area contributed by atoms with Gasteiger partial charge in [0.15, 0.2) is 0 Å². The average molecular weight is 245 g/mol. The van der Waals surface area contributed by atoms with Crippen molar-refractivity contribution in [2.75, 3.05) is 0 Å². The predicted molar refractivity (Wildman–Crippen MR) is 57.6 cm³/mol. The highest BCUT2D eigenvalue weighted by molar-refractivity contribution is 9.11. The summed E-state index contributed by atoms with van der Waals surface area (Å²) in [6.45, 7) is 5.35. The number of carbonyl (C=O) groups is 1. The van der Waals surface area contributed by atoms with Crippen molar-refractivity contribution in [3.05, 3.63) is 35.9 Å². The third-order valence-electron chi connectivity index (χ3n) is 1.26. The van der Waals surface area contributed by atoms with E-state index in [4.69, 9.17) is 4.74 Å². The standard InChI is InChI=1S/C10H13BrO2/c1-3-5-9(7-8-11)13-10(12)6-4-2/h3-4,6-9H,1,5H2,2H3/b6-4+,8-7+/t9-/m0/s1. The molecule has 0 aromatic carbocycles. The molecule has 0 amide bonds. The molecule has 0 saturated heterocycles. The third-order valence-corrected chi connectivity index (χ3v) is 1.56. The van der Waals surface area contributed by atoms with Crippen molar-refractivity contribution in [2.24, 2.45) is 0 Å². The quantitative estimate of drug-likeness (QED) is 0.423. The second kappa shape index (κ2) is 7.80. The normalized spacial score (nSPS) is 13.4. The molecule has 2 nitrogen and oxygen atoms in total. The van der Waals surface area contributed by atoms with Gasteiger partial charge in [0.1, 0.15) is 6.10 Å². The van der Waals surface area contributed by atoms with Gasteiger partial charge in [-0.2, -0.15) is 0 Å². The van der Waals surface area contributed by atoms with Crippen molar-refractivity contribution >= 4 is 21.9 Å². The Bertz CT molecular complexity index is 219. The Balaban J connectivity index is 4.08. The summed E-state index contributed by atoms with van der Waals surface area (Å²) in [6.07, 6.45) is 6.87. The fraction of sp³-hybridized carbons (Fsp3) is 0.300. The molecule has 13 heavy (non-hydrogen) atoms. The van der Waals surface area contributed by atoms with Crippen molar-refractivity contribution in [3.8, 4) is 0 Å². The van der Waals surface area contributed by atoms with Gasteiger partial charge in [0.25, 0.3) is 0 Å². The van der Waals surface area contributed by atoms with Crippen molar-refractivity contribution < 1.29 is 9.53 Å². The molecule has 0 aromatic rings. The van der Waals surface area contributed by atoms with Crippen LogP contribution in [-0.4, -0.2) is 12.1 Å². The molecule has 1 atom stereocenters. The molecule has 0 fully saturated rings. The van der Waals surface area contributed by atoms with E-state index < -0.39 is 0 Å². The van der Waals surface area contributed by atoms with E-state index in [0.29, 0.717) is 6.42 Å². The van der Waals surface area contributed by atoms with Crippen LogP contribution in [-0.2, 0) is 9.53 Å². The fourth-order valence-electron chi connectivity index (χ4n) is 0.736. The molecule has 0 spiro atoms. The molecule has 0 heterocycles. The highest BCUT2D eigenvalue weighted by Crippen LogP contribution is 2.04. The Morgan fingerprint density at radius 2 is 2.38 bits per heavy atom. The Hall–Kier alpha value is -0.830. The monoisotopic (exact) mass is 244 g/mol. The Morgan fingerprint density at radius 3 is 2.85 bits per heavy atom. The van der Waals surface area contributed by atoms with Crippen LogP contribution in [0.15, 0.2) is 35.9 Å². The molecule has 0 aliphatic heterocycles. The van der Waals surface area contributed by atoms with E-state index in [2.05, 4.69) is 22.5 Å². The maximum absolute atomic E-state index is 11.0. The first kappa shape index (κ1) is 12.2. The van der Waals surface area contributed by atoms with Crippen LogP contribution in [0.3, 0.4) is 0 Å². The van der Waals surface area contributed by atoms with Crippen LogP contribution < -0.4 is 0 Å². The van der Waals surface area contributed by atoms with Crippen molar-refractivity contribution in [2.45, 2.75) is 19.4 Å². The molecule has 0 radical (unpaired) electrons. The Labute approximate surface area is 87.1 Å². The molecule has 0 aromatic heterocycles. The van der Waals surface area contributed by atoms with Gasteiger partial charge in [0.2, 0.25) is 0 Å². The van der Waals surface area contributed by atoms with Crippen molar-refractivity contribution in [1.82, 2.24) is 0 Å². The largest absolute Gasteiger partial charge is 0.455 e. The summed E-state index contributed by atoms with van der Waals surface area (Å²) in [6, 6.07) is 0. The van der Waals surface area contributed by atoms with Crippen LogP contribution in [0.4, 0.5) is 0 Å². The second-order valence-electron chi connectivity index (χ2n) is 2.32. The molecule has 0 bridgehead atoms. The molecule has 0 N–H and O–H groups in total. The van der Waals surface area contributed by atoms with E-state index in [-0.39, 0.29) is 12.1 Å². The number of hydrogen-bond acceptors (Lipinski definition) is 2. The van der Waals surface area contributed by atoms with Gasteiger partial charge in [0.05, 0.1) is 0 Å². The molecular weight excluding hydrogens is 232 g/mol. The first-order valence-electron chi connectivity index (χ1n) is 3.95. The Kier molecular flexibility index (Phi) is 7.30. The van der Waals surface area contributed by atoms with Gasteiger partial charge >= 0.3 is 5.97 Å². The summed E-state index contributed by atoms with van der Waals surface area (Å²) < 4.78 is 5.06. The van der Waals surface area contributed by atoms with Gasteiger partial charge in [-0.1, -0.05) is 28.1 Å². The minimum absolute atomic E-state index is 0.236. The minimum atomic E-state index is -0.333. The lowest BCUT2D eigenvalue weighted by molar-refractivity contribution is -0.140. The summed E-state index contributed by atoms with van der Waals surface area (Å²) in [7, 11) is 0. The first-order valence-corrected chi connectivity index (χ1v) is 4.87. The van der Waals surface area contributed by atoms with E-state index in [1.807, 2.05) is 0 Å². The van der Waals surface area contributed by atoms with Crippen LogP contribution in [0.1, 0.15) is 13.3 Å². The molecular formula is C10H13BrO2. The smallest absolute Gasteiger partial charge is 0.331 e. The summed E-state index contributed by atoms with van der Waals surface area (Å²) in [5.41, 5.74) is 0. The SMILES string of the molecule is C=CC[C@@H](/C=C/Br)OC(=O)/C=C/C. The molecule has 0 saturated carbocycles. The van der Waals surface area contributed by atoms with E-state index in [0.717, 1.165) is 0 Å². The maximum Gasteiger partial charge on any atom is 0.331 e. The Morgan fingerprint density at radius 1 is 1.69 bits per heavy atom. The average Bonchev–Trinajstić information content (AvgIpc) is 2.05. The molecule has 0 aliphatic carbocycles. The van der Waals surface area contributed by atoms with E-state index in [9.17, 15) is 4.79 Å². The summed E-state index contributed by atoms with van der Waals surface area (Å²) in [5, 5.41) is 0. The van der Waals surface area contributed by atoms with Gasteiger partial charge in [-0.15, -0.1) is 6.58 Å². The van der Waals surface area contributed by atoms with Gasteiger partial charge in [-0.25, -0.2) is 4.79 Å². The zero-order valence-corrected chi connectivity index (χ0v) is 9.16. The first-order chi connectivity index (χ1) is 6.24. The summed E-state index contributed by atoms with van der Waals surface area (Å²) in [4.78, 5) is 12.7. The van der Waals surface area contributed by atoms with Gasteiger partial charge in [0, 0.05) is 12.5 Å². The highest BCUT2D eigenvalue weighted by atomic mass is 79.9. The van der Waals surface area contributed by atoms with E-state index in [1.54, 1.807) is 30.1 Å². The van der Waals surface area contributed by atoms with Crippen molar-refractivity contribution in [1.29, 1.82) is 0 Å². The minimum Gasteiger partial charge on any atom is -0.455 e. The van der Waals surface area contributed by atoms with Gasteiger partial charge in [-0.3, -0.25) is 0 Å². The number of hydrogen-bond donors (Lipinski definition) is 0. The summed E-state index contributed by atoms with van der Waals surface area (Å²) >= 11 is 3.12. The lowest BCUT2D eigenvalue weighted by atomic mass is 10.2. The zero-order chi connectivity index (χ0) is 10.1. The number of rotatable bonds is 5. The topological polar surface area (TPSA) is 26.3 Å². The van der Waals surface area contributed by atoms with E-state index >= 15 is 0 Å². The summed E-state index contributed by atoms with van der Waals surface area (Å²) in [5.74, 6) is -0.333. The fourth-order valence-corrected chi connectivity index (χ4v) is 1.08. The van der Waals surface area contributed by atoms with E-state index in [1.165, 1.54) is 6.08 Å². The zero-order valence-electron chi connectivity index (χ0n) is 7.57. The van der Waals surface area contributed by atoms with Crippen LogP contribution in [0.5, 0.6) is 0 Å². The van der Waals surface area contributed by atoms with Gasteiger partial charge < -0.3 is 4.74 Å². The molecule has 0 unspecified atom stereocenters. The lowest BCUT2D eigenvalue weighted by Crippen LogP contribution is -2.13. The third kappa shape index (κ3) is 6.34. The maximum atomic E-state index is 11.0. The number of halogens is 1. The van der Waals surface area contributed by atoms with Gasteiger partial charge in [-0.05, 0) is 18.0 Å². The van der Waals surface area contributed by atoms with Crippen LogP contribution in [0, 0.1) is 0 Å². The van der Waals surface area contributed by atoms with Crippen LogP contribution in [0.2, 0.25) is 0 Å². The molecule has 3 heteroatoms. The van der Waals surface area contributed by atoms with Crippen LogP contribution in [0.25, 0.3) is 0 Å². The number of esters is 1. The lowest BCUT2D eigenvalue weighted by Gasteiger charge is -2.09.